The number of unbranched alkanes of at least 4 members (excludes halogenated alkanes) is 2. The summed E-state index contributed by atoms with van der Waals surface area (Å²) in [5.41, 5.74) is -4.57. The predicted molar refractivity (Wildman–Crippen MR) is 285 cm³/mol. The van der Waals surface area contributed by atoms with Gasteiger partial charge in [0.1, 0.15) is 28.6 Å². The summed E-state index contributed by atoms with van der Waals surface area (Å²) in [7, 11) is -0.00972. The van der Waals surface area contributed by atoms with Crippen LogP contribution in [0.25, 0.3) is 10.6 Å². The van der Waals surface area contributed by atoms with Gasteiger partial charge in [-0.25, -0.2) is 23.7 Å². The zero-order valence-electron chi connectivity index (χ0n) is 46.3. The number of hydrogen-bond acceptors (Lipinski definition) is 18. The first kappa shape index (κ1) is 62.2. The van der Waals surface area contributed by atoms with Gasteiger partial charge in [-0.05, 0) is 111 Å². The number of nitrogens with zero attached hydrogens (tertiary/aromatic N) is 5. The van der Waals surface area contributed by atoms with Crippen LogP contribution in [0.15, 0.2) is 33.9 Å². The summed E-state index contributed by atoms with van der Waals surface area (Å²) in [6, 6.07) is 3.19. The molecule has 3 aliphatic heterocycles. The number of anilines is 1. The number of hydrogen-bond donors (Lipinski definition) is 3. The van der Waals surface area contributed by atoms with Gasteiger partial charge >= 0.3 is 13.7 Å². The first-order chi connectivity index (χ1) is 35.3. The number of thiazole rings is 1. The third kappa shape index (κ3) is 15.8. The molecule has 0 saturated carbocycles. The van der Waals surface area contributed by atoms with Crippen molar-refractivity contribution in [3.8, 4) is 10.6 Å². The maximum atomic E-state index is 17.1. The molecule has 3 N–H and O–H groups in total. The number of ketones is 1. The summed E-state index contributed by atoms with van der Waals surface area (Å²) < 4.78 is 67.8. The van der Waals surface area contributed by atoms with Crippen molar-refractivity contribution in [1.82, 2.24) is 14.9 Å². The fourth-order valence-electron chi connectivity index (χ4n) is 10.4. The van der Waals surface area contributed by atoms with E-state index in [9.17, 15) is 29.2 Å². The number of oxime groups is 1. The number of cyclic esters (lactones) is 1. The molecule has 13 atom stereocenters. The van der Waals surface area contributed by atoms with Gasteiger partial charge in [-0.3, -0.25) is 28.7 Å². The highest BCUT2D eigenvalue weighted by atomic mass is 32.1. The molecule has 19 nitrogen and oxygen atoms in total. The van der Waals surface area contributed by atoms with Crippen LogP contribution in [0.2, 0.25) is 0 Å². The largest absolute Gasteiger partial charge is 0.457 e. The molecule has 2 bridgehead atoms. The minimum atomic E-state index is -3.66. The average molecular weight is 1100 g/mol. The van der Waals surface area contributed by atoms with Crippen LogP contribution in [-0.4, -0.2) is 142 Å². The molecule has 0 aromatic carbocycles. The average Bonchev–Trinajstić information content (AvgIpc) is 3.82. The van der Waals surface area contributed by atoms with E-state index in [1.807, 2.05) is 59.7 Å². The maximum Gasteiger partial charge on any atom is 0.433 e. The molecule has 3 saturated heterocycles. The van der Waals surface area contributed by atoms with Gasteiger partial charge in [-0.15, -0.1) is 11.3 Å². The topological polar surface area (TPSA) is 239 Å². The van der Waals surface area contributed by atoms with E-state index in [4.69, 9.17) is 32.8 Å². The zero-order chi connectivity index (χ0) is 55.5. The number of ether oxygens (including phenoxy) is 4. The van der Waals surface area contributed by atoms with E-state index < -0.39 is 96.8 Å². The first-order valence-corrected chi connectivity index (χ1v) is 29.1. The molecule has 2 aromatic heterocycles. The standard InChI is InChI=1S/C53H84FN6O13PS/c1-14-18-24-69-74(66,70-25-19-15-2)59-42-31-75-48(56-42)36-20-21-37(55-28-36)30-68-58-38-22-23-39-34(7)44(57-43(61)17-4)32(5)27-51(9,67-29-38)47(73-49-45(62)40(60(12)13)26-33(6)71-49)35(8)46(63)52(10,54)50(64)72-41(16-3)53(39,11)65/h20-21,28,31-35,39-41,45,47,49,62,65H,14-19,22-27,29-30H2,1-13H3,(H,59,66)/b57-44+,58-38+/t32-,33-,34-,35+,39-,40+,41-,45-,47-,49+,51-,52+,53+/m1/s1. The van der Waals surface area contributed by atoms with Crippen LogP contribution in [0.5, 0.6) is 0 Å². The first-order valence-electron chi connectivity index (χ1n) is 26.7. The number of likely N-dealkylation sites (N-methyl/N-ethyl adjacent to an activating group) is 1. The van der Waals surface area contributed by atoms with Crippen LogP contribution in [0.4, 0.5) is 10.2 Å². The Morgan fingerprint density at radius 1 is 1.04 bits per heavy atom. The summed E-state index contributed by atoms with van der Waals surface area (Å²) >= 11 is 1.33. The highest BCUT2D eigenvalue weighted by Crippen LogP contribution is 2.49. The smallest absolute Gasteiger partial charge is 0.433 e. The number of rotatable bonds is 19. The van der Waals surface area contributed by atoms with E-state index in [1.54, 1.807) is 38.4 Å². The Morgan fingerprint density at radius 2 is 1.72 bits per heavy atom. The van der Waals surface area contributed by atoms with E-state index in [0.717, 1.165) is 32.6 Å². The highest BCUT2D eigenvalue weighted by Gasteiger charge is 2.56. The second-order valence-electron chi connectivity index (χ2n) is 21.2. The number of halogens is 1. The molecule has 22 heteroatoms. The quantitative estimate of drug-likeness (QED) is 0.0390. The Balaban J connectivity index is 1.54. The molecule has 0 radical (unpaired) electrons. The molecule has 0 spiro atoms. The zero-order valence-corrected chi connectivity index (χ0v) is 48.0. The monoisotopic (exact) mass is 1090 g/mol. The fraction of sp³-hybridized carbons (Fsp3) is 0.755. The molecule has 0 aliphatic carbocycles. The van der Waals surface area contributed by atoms with Crippen LogP contribution in [-0.2, 0) is 58.4 Å². The number of esters is 1. The van der Waals surface area contributed by atoms with Crippen LogP contribution < -0.4 is 5.09 Å². The lowest BCUT2D eigenvalue weighted by Gasteiger charge is -2.48. The van der Waals surface area contributed by atoms with Crippen LogP contribution in [0, 0.1) is 23.7 Å². The number of pyridine rings is 1. The number of amides is 1. The molecule has 75 heavy (non-hydrogen) atoms. The molecule has 5 heterocycles. The van der Waals surface area contributed by atoms with Gasteiger partial charge < -0.3 is 38.9 Å². The Morgan fingerprint density at radius 3 is 2.32 bits per heavy atom. The van der Waals surface area contributed by atoms with Gasteiger partial charge in [0.25, 0.3) is 5.67 Å². The molecular weight excluding hydrogens is 1010 g/mol. The van der Waals surface area contributed by atoms with Gasteiger partial charge in [0, 0.05) is 47.2 Å². The molecule has 0 unspecified atom stereocenters. The summed E-state index contributed by atoms with van der Waals surface area (Å²) in [5, 5.41) is 34.3. The number of Topliss-reactive ketones (excluding diaryl/α,β-unsaturated/α-hetero) is 1. The van der Waals surface area contributed by atoms with Crippen molar-refractivity contribution in [3.05, 3.63) is 29.4 Å². The number of aliphatic imine (C=N–C) groups is 1. The molecular formula is C53H84FN6O13PS. The van der Waals surface area contributed by atoms with Crippen molar-refractivity contribution < 1.29 is 66.4 Å². The number of aromatic nitrogens is 2. The van der Waals surface area contributed by atoms with Crippen LogP contribution >= 0.6 is 19.1 Å². The van der Waals surface area contributed by atoms with Crippen molar-refractivity contribution >= 4 is 54.0 Å². The van der Waals surface area contributed by atoms with E-state index in [0.29, 0.717) is 39.9 Å². The lowest BCUT2D eigenvalue weighted by atomic mass is 9.68. The number of alkyl halides is 1. The number of aliphatic hydroxyl groups excluding tert-OH is 1. The van der Waals surface area contributed by atoms with Crippen molar-refractivity contribution in [2.45, 2.75) is 201 Å². The predicted octanol–water partition coefficient (Wildman–Crippen LogP) is 9.29. The summed E-state index contributed by atoms with van der Waals surface area (Å²) in [4.78, 5) is 63.8. The summed E-state index contributed by atoms with van der Waals surface area (Å²) in [6.45, 7) is 18.8. The van der Waals surface area contributed by atoms with Crippen molar-refractivity contribution in [2.24, 2.45) is 33.8 Å². The maximum absolute atomic E-state index is 17.1. The molecule has 3 fully saturated rings. The molecule has 1 amide bonds. The van der Waals surface area contributed by atoms with Gasteiger partial charge in [0.2, 0.25) is 5.91 Å². The Kier molecular flexibility index (Phi) is 22.6. The van der Waals surface area contributed by atoms with Gasteiger partial charge in [-0.2, -0.15) is 0 Å². The van der Waals surface area contributed by atoms with Crippen molar-refractivity contribution in [2.75, 3.05) is 39.0 Å². The second-order valence-corrected chi connectivity index (χ2v) is 23.8. The summed E-state index contributed by atoms with van der Waals surface area (Å²) in [5.74, 6) is -6.12. The molecule has 422 valence electrons. The Bertz CT molecular complexity index is 2300. The fourth-order valence-corrected chi connectivity index (χ4v) is 12.5. The van der Waals surface area contributed by atoms with E-state index in [1.165, 1.54) is 25.2 Å². The van der Waals surface area contributed by atoms with E-state index >= 15 is 4.39 Å². The van der Waals surface area contributed by atoms with E-state index in [2.05, 4.69) is 25.2 Å². The number of fused-ring (bicyclic) bond motifs is 5. The highest BCUT2D eigenvalue weighted by molar-refractivity contribution is 7.55. The summed E-state index contributed by atoms with van der Waals surface area (Å²) in [6.07, 6.45) is 0.223. The van der Waals surface area contributed by atoms with E-state index in [-0.39, 0.29) is 64.4 Å². The van der Waals surface area contributed by atoms with Gasteiger partial charge in [-0.1, -0.05) is 66.5 Å². The number of carbonyl (C=O) groups is 3. The lowest BCUT2D eigenvalue weighted by Crippen LogP contribution is -2.61. The Labute approximate surface area is 447 Å². The lowest BCUT2D eigenvalue weighted by molar-refractivity contribution is -0.296. The number of nitrogens with one attached hydrogen (secondary N) is 1. The normalized spacial score (nSPS) is 33.7. The third-order valence-corrected chi connectivity index (χ3v) is 17.2. The van der Waals surface area contributed by atoms with Gasteiger partial charge in [0.05, 0.1) is 49.0 Å². The minimum Gasteiger partial charge on any atom is -0.457 e. The Hall–Kier alpha value is -3.63. The number of carbonyl (C=O) groups excluding carboxylic acids is 3. The van der Waals surface area contributed by atoms with Crippen molar-refractivity contribution in [1.29, 1.82) is 0 Å². The SMILES string of the molecule is CCCCOP(=O)(Nc1csc(-c2ccc(CO/N=C3\CC[C@@H]4[C@@H](C)/C(=N/C(=O)CC)[C@H](C)C[C@@](C)(OC3)[C@H](O[C@@H]3O[C@H](C)C[C@H](N(C)C)[C@H]3O)[C@@H](C)C(=O)[C@](C)(F)C(=O)O[C@H](CC)[C@@]4(C)O)nc2)n1)OCCCC. The minimum absolute atomic E-state index is 0.0320. The molecule has 5 rings (SSSR count). The van der Waals surface area contributed by atoms with Gasteiger partial charge in [0.15, 0.2) is 18.7 Å². The van der Waals surface area contributed by atoms with Crippen LogP contribution in [0.3, 0.4) is 0 Å². The van der Waals surface area contributed by atoms with Crippen molar-refractivity contribution in [3.63, 3.8) is 0 Å². The third-order valence-electron chi connectivity index (χ3n) is 14.8. The molecule has 2 aromatic rings. The number of aliphatic hydroxyl groups is 2. The second kappa shape index (κ2) is 27.3. The van der Waals surface area contributed by atoms with Crippen LogP contribution in [0.1, 0.15) is 146 Å². The molecule has 3 aliphatic rings.